The van der Waals surface area contributed by atoms with Gasteiger partial charge in [0, 0.05) is 13.1 Å². The largest absolute Gasteiger partial charge is 0.392 e. The lowest BCUT2D eigenvalue weighted by atomic mass is 9.72. The summed E-state index contributed by atoms with van der Waals surface area (Å²) in [5.41, 5.74) is 5.25. The van der Waals surface area contributed by atoms with Gasteiger partial charge in [-0.3, -0.25) is 4.79 Å². The van der Waals surface area contributed by atoms with E-state index >= 15 is 0 Å². The molecule has 3 N–H and O–H groups in total. The molecule has 2 aliphatic rings. The number of carbonyl (C=O) groups excluding carboxylic acids is 1. The highest BCUT2D eigenvalue weighted by molar-refractivity contribution is 7.80. The Bertz CT molecular complexity index is 366. The van der Waals surface area contributed by atoms with E-state index in [1.54, 1.807) is 4.90 Å². The summed E-state index contributed by atoms with van der Waals surface area (Å²) in [5.74, 6) is 0.307. The molecule has 1 amide bonds. The highest BCUT2D eigenvalue weighted by atomic mass is 32.1. The number of β-amino-alcohol motifs (C(OH)–C–C–N with tert-alkyl or cyclic N) is 1. The van der Waals surface area contributed by atoms with E-state index in [2.05, 4.69) is 0 Å². The monoisotopic (exact) mass is 284 g/mol. The Morgan fingerprint density at radius 3 is 2.53 bits per heavy atom. The summed E-state index contributed by atoms with van der Waals surface area (Å²) in [5, 5.41) is 9.96. The van der Waals surface area contributed by atoms with E-state index in [0.29, 0.717) is 18.1 Å². The van der Waals surface area contributed by atoms with Gasteiger partial charge in [-0.05, 0) is 25.2 Å². The van der Waals surface area contributed by atoms with Crippen molar-refractivity contribution in [1.82, 2.24) is 4.90 Å². The average molecular weight is 284 g/mol. The summed E-state index contributed by atoms with van der Waals surface area (Å²) in [6.07, 6.45) is 5.13. The lowest BCUT2D eigenvalue weighted by molar-refractivity contribution is -0.144. The number of aliphatic hydroxyl groups excluding tert-OH is 1. The maximum atomic E-state index is 12.8. The van der Waals surface area contributed by atoms with Crippen molar-refractivity contribution in [2.75, 3.05) is 13.1 Å². The van der Waals surface area contributed by atoms with Gasteiger partial charge in [0.1, 0.15) is 0 Å². The first-order chi connectivity index (χ1) is 8.97. The minimum absolute atomic E-state index is 0.0469. The molecule has 1 aliphatic carbocycles. The average Bonchev–Trinajstić information content (AvgIpc) is 2.41. The van der Waals surface area contributed by atoms with E-state index in [0.717, 1.165) is 38.5 Å². The smallest absolute Gasteiger partial charge is 0.235 e. The summed E-state index contributed by atoms with van der Waals surface area (Å²) < 4.78 is 0. The van der Waals surface area contributed by atoms with Crippen LogP contribution in [-0.2, 0) is 4.79 Å². The van der Waals surface area contributed by atoms with Gasteiger partial charge in [0.25, 0.3) is 0 Å². The summed E-state index contributed by atoms with van der Waals surface area (Å²) in [4.78, 5) is 14.9. The van der Waals surface area contributed by atoms with Gasteiger partial charge in [-0.2, -0.15) is 0 Å². The normalized spacial score (nSPS) is 30.9. The number of rotatable bonds is 2. The van der Waals surface area contributed by atoms with Crippen LogP contribution in [-0.4, -0.2) is 40.1 Å². The van der Waals surface area contributed by atoms with Crippen LogP contribution in [0.1, 0.15) is 45.4 Å². The van der Waals surface area contributed by atoms with Crippen LogP contribution in [0.2, 0.25) is 0 Å². The quantitative estimate of drug-likeness (QED) is 0.753. The zero-order valence-corrected chi connectivity index (χ0v) is 12.4. The van der Waals surface area contributed by atoms with Crippen LogP contribution in [0.3, 0.4) is 0 Å². The van der Waals surface area contributed by atoms with Gasteiger partial charge >= 0.3 is 0 Å². The van der Waals surface area contributed by atoms with Gasteiger partial charge in [0.05, 0.1) is 16.5 Å². The molecule has 5 heteroatoms. The third-order valence-corrected chi connectivity index (χ3v) is 5.18. The van der Waals surface area contributed by atoms with Crippen LogP contribution in [0.4, 0.5) is 0 Å². The van der Waals surface area contributed by atoms with Crippen molar-refractivity contribution in [3.63, 3.8) is 0 Å². The molecule has 0 aromatic carbocycles. The van der Waals surface area contributed by atoms with Crippen molar-refractivity contribution in [2.24, 2.45) is 17.1 Å². The van der Waals surface area contributed by atoms with E-state index in [4.69, 9.17) is 18.0 Å². The number of likely N-dealkylation sites (tertiary alicyclic amines) is 1. The maximum Gasteiger partial charge on any atom is 0.235 e. The molecular weight excluding hydrogens is 260 g/mol. The van der Waals surface area contributed by atoms with Crippen LogP contribution < -0.4 is 5.73 Å². The number of nitrogens with two attached hydrogens (primary N) is 1. The number of hydrogen-bond donors (Lipinski definition) is 2. The first-order valence-corrected chi connectivity index (χ1v) is 7.65. The van der Waals surface area contributed by atoms with Gasteiger partial charge in [-0.1, -0.05) is 38.4 Å². The second-order valence-electron chi connectivity index (χ2n) is 6.09. The molecule has 1 aliphatic heterocycles. The first-order valence-electron chi connectivity index (χ1n) is 7.25. The Hall–Kier alpha value is -0.680. The topological polar surface area (TPSA) is 66.6 Å². The van der Waals surface area contributed by atoms with E-state index in [1.807, 2.05) is 6.92 Å². The molecule has 0 bridgehead atoms. The molecule has 0 radical (unpaired) electrons. The van der Waals surface area contributed by atoms with Gasteiger partial charge in [-0.25, -0.2) is 0 Å². The molecule has 0 aromatic heterocycles. The highest BCUT2D eigenvalue weighted by Gasteiger charge is 2.45. The van der Waals surface area contributed by atoms with E-state index in [9.17, 15) is 9.90 Å². The predicted octanol–water partition coefficient (Wildman–Crippen LogP) is 1.45. The van der Waals surface area contributed by atoms with E-state index in [1.165, 1.54) is 0 Å². The third-order valence-electron chi connectivity index (χ3n) is 4.79. The molecule has 2 atom stereocenters. The molecule has 1 saturated carbocycles. The van der Waals surface area contributed by atoms with Crippen molar-refractivity contribution in [3.8, 4) is 0 Å². The number of amides is 1. The van der Waals surface area contributed by atoms with Crippen LogP contribution >= 0.6 is 12.2 Å². The Kier molecular flexibility index (Phi) is 4.46. The molecule has 0 aromatic rings. The number of aliphatic hydroxyl groups is 1. The number of piperidine rings is 1. The number of hydrogen-bond acceptors (Lipinski definition) is 3. The summed E-state index contributed by atoms with van der Waals surface area (Å²) in [6, 6.07) is 0. The minimum atomic E-state index is -0.645. The summed E-state index contributed by atoms with van der Waals surface area (Å²) in [7, 11) is 0. The lowest BCUT2D eigenvalue weighted by Crippen LogP contribution is -2.55. The van der Waals surface area contributed by atoms with E-state index < -0.39 is 11.5 Å². The van der Waals surface area contributed by atoms with Crippen molar-refractivity contribution in [1.29, 1.82) is 0 Å². The molecule has 1 saturated heterocycles. The molecule has 0 spiro atoms. The zero-order valence-electron chi connectivity index (χ0n) is 11.6. The van der Waals surface area contributed by atoms with Crippen molar-refractivity contribution < 1.29 is 9.90 Å². The molecule has 2 unspecified atom stereocenters. The Balaban J connectivity index is 2.14. The molecule has 108 valence electrons. The van der Waals surface area contributed by atoms with Crippen molar-refractivity contribution in [3.05, 3.63) is 0 Å². The number of thiocarbonyl (C=S) groups is 1. The molecular formula is C14H24N2O2S. The van der Waals surface area contributed by atoms with Crippen molar-refractivity contribution >= 4 is 23.1 Å². The summed E-state index contributed by atoms with van der Waals surface area (Å²) >= 11 is 5.19. The Labute approximate surface area is 120 Å². The highest BCUT2D eigenvalue weighted by Crippen LogP contribution is 2.39. The molecule has 2 fully saturated rings. The second kappa shape index (κ2) is 5.75. The molecule has 19 heavy (non-hydrogen) atoms. The van der Waals surface area contributed by atoms with Gasteiger partial charge in [0.2, 0.25) is 5.91 Å². The van der Waals surface area contributed by atoms with Gasteiger partial charge in [0.15, 0.2) is 0 Å². The van der Waals surface area contributed by atoms with E-state index in [-0.39, 0.29) is 11.8 Å². The van der Waals surface area contributed by atoms with Crippen LogP contribution in [0, 0.1) is 11.3 Å². The fraction of sp³-hybridized carbons (Fsp3) is 0.857. The van der Waals surface area contributed by atoms with Crippen molar-refractivity contribution in [2.45, 2.75) is 51.6 Å². The standard InChI is InChI=1S/C14H24N2O2S/c1-10-5-8-16(9-11(10)17)13(18)14(12(15)19)6-3-2-4-7-14/h10-11,17H,2-9H2,1H3,(H2,15,19). The lowest BCUT2D eigenvalue weighted by Gasteiger charge is -2.42. The van der Waals surface area contributed by atoms with Gasteiger partial charge in [-0.15, -0.1) is 0 Å². The second-order valence-corrected chi connectivity index (χ2v) is 6.53. The SMILES string of the molecule is CC1CCN(C(=O)C2(C(N)=S)CCCCC2)CC1O. The van der Waals surface area contributed by atoms with Crippen LogP contribution in [0.25, 0.3) is 0 Å². The fourth-order valence-electron chi connectivity index (χ4n) is 3.26. The zero-order chi connectivity index (χ0) is 14.0. The molecule has 4 nitrogen and oxygen atoms in total. The van der Waals surface area contributed by atoms with Crippen LogP contribution in [0.5, 0.6) is 0 Å². The van der Waals surface area contributed by atoms with Gasteiger partial charge < -0.3 is 15.7 Å². The minimum Gasteiger partial charge on any atom is -0.392 e. The first kappa shape index (κ1) is 14.7. The number of nitrogens with zero attached hydrogens (tertiary/aromatic N) is 1. The molecule has 1 heterocycles. The predicted molar refractivity (Wildman–Crippen MR) is 78.7 cm³/mol. The number of carbonyl (C=O) groups is 1. The maximum absolute atomic E-state index is 12.8. The van der Waals surface area contributed by atoms with Crippen LogP contribution in [0.15, 0.2) is 0 Å². The molecule has 2 rings (SSSR count). The Morgan fingerprint density at radius 1 is 1.37 bits per heavy atom. The third kappa shape index (κ3) is 2.77. The fourth-order valence-corrected chi connectivity index (χ4v) is 3.55. The Morgan fingerprint density at radius 2 is 2.00 bits per heavy atom. The summed E-state index contributed by atoms with van der Waals surface area (Å²) in [6.45, 7) is 3.15.